The first kappa shape index (κ1) is 20.3. The minimum absolute atomic E-state index is 0.0694. The first-order valence-electron chi connectivity index (χ1n) is 10.2. The Morgan fingerprint density at radius 3 is 1.90 bits per heavy atom. The van der Waals surface area contributed by atoms with Gasteiger partial charge in [-0.15, -0.1) is 0 Å². The second-order valence-corrected chi connectivity index (χ2v) is 7.45. The summed E-state index contributed by atoms with van der Waals surface area (Å²) >= 11 is 0. The summed E-state index contributed by atoms with van der Waals surface area (Å²) in [5, 5.41) is 4.94. The van der Waals surface area contributed by atoms with Gasteiger partial charge in [-0.05, 0) is 34.2 Å². The van der Waals surface area contributed by atoms with Crippen LogP contribution in [-0.2, 0) is 16.0 Å². The molecule has 1 fully saturated rings. The Bertz CT molecular complexity index is 1080. The van der Waals surface area contributed by atoms with Crippen molar-refractivity contribution < 1.29 is 14.4 Å². The number of nitrogens with one attached hydrogen (secondary N) is 2. The highest BCUT2D eigenvalue weighted by Crippen LogP contribution is 2.25. The van der Waals surface area contributed by atoms with E-state index in [4.69, 9.17) is 0 Å². The predicted octanol–water partition coefficient (Wildman–Crippen LogP) is 3.23. The number of rotatable bonds is 7. The zero-order valence-corrected chi connectivity index (χ0v) is 17.0. The van der Waals surface area contributed by atoms with Gasteiger partial charge in [-0.25, -0.2) is 4.79 Å². The number of amides is 4. The number of imide groups is 1. The van der Waals surface area contributed by atoms with Crippen LogP contribution in [0.5, 0.6) is 0 Å². The molecule has 1 heterocycles. The molecule has 2 N–H and O–H groups in total. The molecular weight excluding hydrogens is 390 g/mol. The van der Waals surface area contributed by atoms with Crippen LogP contribution in [0, 0.1) is 0 Å². The smallest absolute Gasteiger partial charge is 0.325 e. The summed E-state index contributed by atoms with van der Waals surface area (Å²) in [7, 11) is 0. The number of urea groups is 1. The molecule has 0 radical (unpaired) electrons. The van der Waals surface area contributed by atoms with Gasteiger partial charge in [0.25, 0.3) is 0 Å². The maximum Gasteiger partial charge on any atom is 0.325 e. The molecule has 1 aliphatic rings. The fourth-order valence-corrected chi connectivity index (χ4v) is 3.54. The Balaban J connectivity index is 1.28. The average Bonchev–Trinajstić information content (AvgIpc) is 3.11. The van der Waals surface area contributed by atoms with E-state index in [-0.39, 0.29) is 24.9 Å². The summed E-state index contributed by atoms with van der Waals surface area (Å²) in [5.74, 6) is -0.660. The van der Waals surface area contributed by atoms with Gasteiger partial charge in [0.05, 0.1) is 0 Å². The average molecular weight is 413 g/mol. The molecule has 0 aliphatic carbocycles. The van der Waals surface area contributed by atoms with Crippen LogP contribution in [0.4, 0.5) is 4.79 Å². The molecule has 4 amide bonds. The second kappa shape index (κ2) is 9.26. The zero-order chi connectivity index (χ0) is 21.6. The fourth-order valence-electron chi connectivity index (χ4n) is 3.54. The molecule has 1 aliphatic heterocycles. The van der Waals surface area contributed by atoms with E-state index in [1.165, 1.54) is 16.0 Å². The fraction of sp³-hybridized carbons (Fsp3) is 0.160. The van der Waals surface area contributed by atoms with E-state index >= 15 is 0 Å². The van der Waals surface area contributed by atoms with E-state index in [1.807, 2.05) is 18.2 Å². The Morgan fingerprint density at radius 2 is 1.35 bits per heavy atom. The van der Waals surface area contributed by atoms with Gasteiger partial charge in [0.2, 0.25) is 11.8 Å². The monoisotopic (exact) mass is 413 g/mol. The van der Waals surface area contributed by atoms with Crippen molar-refractivity contribution in [2.75, 3.05) is 19.6 Å². The van der Waals surface area contributed by atoms with Crippen molar-refractivity contribution in [3.05, 3.63) is 84.4 Å². The minimum atomic E-state index is -0.521. The van der Waals surface area contributed by atoms with Crippen molar-refractivity contribution >= 4 is 17.8 Å². The van der Waals surface area contributed by atoms with Gasteiger partial charge < -0.3 is 10.2 Å². The van der Waals surface area contributed by atoms with E-state index < -0.39 is 6.03 Å². The van der Waals surface area contributed by atoms with E-state index in [9.17, 15) is 14.4 Å². The highest BCUT2D eigenvalue weighted by Gasteiger charge is 2.27. The lowest BCUT2D eigenvalue weighted by atomic mass is 9.99. The van der Waals surface area contributed by atoms with Crippen LogP contribution < -0.4 is 10.6 Å². The molecule has 1 saturated heterocycles. The number of nitrogens with zero attached hydrogens (tertiary/aromatic N) is 1. The largest absolute Gasteiger partial charge is 0.354 e. The van der Waals surface area contributed by atoms with Gasteiger partial charge in [0.15, 0.2) is 0 Å². The molecule has 4 rings (SSSR count). The van der Waals surface area contributed by atoms with Crippen LogP contribution in [-0.4, -0.2) is 42.4 Å². The molecule has 0 aromatic heterocycles. The predicted molar refractivity (Wildman–Crippen MR) is 119 cm³/mol. The molecule has 0 saturated carbocycles. The number of hydrogen-bond donors (Lipinski definition) is 2. The lowest BCUT2D eigenvalue weighted by molar-refractivity contribution is -0.121. The maximum atomic E-state index is 12.0. The molecular formula is C25H23N3O3. The van der Waals surface area contributed by atoms with Crippen molar-refractivity contribution in [2.45, 2.75) is 6.42 Å². The van der Waals surface area contributed by atoms with E-state index in [0.717, 1.165) is 16.7 Å². The number of benzene rings is 3. The first-order valence-corrected chi connectivity index (χ1v) is 10.2. The van der Waals surface area contributed by atoms with Crippen LogP contribution in [0.15, 0.2) is 78.9 Å². The van der Waals surface area contributed by atoms with Crippen molar-refractivity contribution in [3.63, 3.8) is 0 Å². The van der Waals surface area contributed by atoms with Gasteiger partial charge in [-0.1, -0.05) is 78.9 Å². The lowest BCUT2D eigenvalue weighted by Gasteiger charge is -2.13. The molecule has 6 nitrogen and oxygen atoms in total. The molecule has 3 aromatic carbocycles. The van der Waals surface area contributed by atoms with Crippen LogP contribution in [0.1, 0.15) is 5.56 Å². The topological polar surface area (TPSA) is 78.5 Å². The summed E-state index contributed by atoms with van der Waals surface area (Å²) in [4.78, 5) is 35.8. The van der Waals surface area contributed by atoms with Crippen LogP contribution >= 0.6 is 0 Å². The highest BCUT2D eigenvalue weighted by atomic mass is 16.2. The standard InChI is InChI=1S/C25H23N3O3/c29-23(16-28-17-24(30)27-25(28)31)26-15-14-18-6-8-20(9-7-18)22-12-10-21(11-13-22)19-4-2-1-3-5-19/h1-13H,14-17H2,(H,26,29)(H,27,30,31). The Labute approximate surface area is 180 Å². The summed E-state index contributed by atoms with van der Waals surface area (Å²) in [6.45, 7) is 0.281. The first-order chi connectivity index (χ1) is 15.1. The van der Waals surface area contributed by atoms with E-state index in [2.05, 4.69) is 71.3 Å². The summed E-state index contributed by atoms with van der Waals surface area (Å²) in [6.07, 6.45) is 0.685. The Morgan fingerprint density at radius 1 is 0.806 bits per heavy atom. The highest BCUT2D eigenvalue weighted by molar-refractivity contribution is 6.03. The SMILES string of the molecule is O=C(CN1CC(=O)NC1=O)NCCc1ccc(-c2ccc(-c3ccccc3)cc2)cc1. The lowest BCUT2D eigenvalue weighted by Crippen LogP contribution is -2.39. The van der Waals surface area contributed by atoms with Crippen molar-refractivity contribution in [1.29, 1.82) is 0 Å². The number of carbonyl (C=O) groups excluding carboxylic acids is 3. The molecule has 0 atom stereocenters. The second-order valence-electron chi connectivity index (χ2n) is 7.45. The van der Waals surface area contributed by atoms with Crippen molar-refractivity contribution in [3.8, 4) is 22.3 Å². The van der Waals surface area contributed by atoms with Crippen LogP contribution in [0.2, 0.25) is 0 Å². The van der Waals surface area contributed by atoms with Crippen LogP contribution in [0.3, 0.4) is 0 Å². The van der Waals surface area contributed by atoms with E-state index in [1.54, 1.807) is 0 Å². The molecule has 3 aromatic rings. The third kappa shape index (κ3) is 5.17. The third-order valence-corrected chi connectivity index (χ3v) is 5.22. The summed E-state index contributed by atoms with van der Waals surface area (Å²) in [5.41, 5.74) is 5.78. The molecule has 156 valence electrons. The van der Waals surface area contributed by atoms with E-state index in [0.29, 0.717) is 13.0 Å². The van der Waals surface area contributed by atoms with Gasteiger partial charge in [0, 0.05) is 6.54 Å². The normalized spacial score (nSPS) is 13.2. The molecule has 31 heavy (non-hydrogen) atoms. The molecule has 0 bridgehead atoms. The Hall–Kier alpha value is -3.93. The van der Waals surface area contributed by atoms with Crippen LogP contribution in [0.25, 0.3) is 22.3 Å². The number of carbonyl (C=O) groups is 3. The number of hydrogen-bond acceptors (Lipinski definition) is 3. The quantitative estimate of drug-likeness (QED) is 0.584. The van der Waals surface area contributed by atoms with Gasteiger partial charge >= 0.3 is 6.03 Å². The molecule has 0 unspecified atom stereocenters. The molecule has 0 spiro atoms. The third-order valence-electron chi connectivity index (χ3n) is 5.22. The zero-order valence-electron chi connectivity index (χ0n) is 17.0. The maximum absolute atomic E-state index is 12.0. The van der Waals surface area contributed by atoms with Gasteiger partial charge in [0.1, 0.15) is 13.1 Å². The van der Waals surface area contributed by atoms with Gasteiger partial charge in [-0.2, -0.15) is 0 Å². The van der Waals surface area contributed by atoms with Crippen molar-refractivity contribution in [2.24, 2.45) is 0 Å². The minimum Gasteiger partial charge on any atom is -0.354 e. The summed E-state index contributed by atoms with van der Waals surface area (Å²) < 4.78 is 0. The van der Waals surface area contributed by atoms with Crippen molar-refractivity contribution in [1.82, 2.24) is 15.5 Å². The molecule has 6 heteroatoms. The Kier molecular flexibility index (Phi) is 6.08. The van der Waals surface area contributed by atoms with Gasteiger partial charge in [-0.3, -0.25) is 14.9 Å². The summed E-state index contributed by atoms with van der Waals surface area (Å²) in [6, 6.07) is 26.5.